The summed E-state index contributed by atoms with van der Waals surface area (Å²) >= 11 is 0. The standard InChI is InChI=1S/C18H21N3O5/c1-19(2)11-3-4-15-12-17(21(24)25)9-10-18(15)26-13-14-5-7-16(8-6-14)20(22)23/h5-10,12H,3-4,11,13H2,1-2H3. The van der Waals surface area contributed by atoms with Gasteiger partial charge in [-0.15, -0.1) is 0 Å². The minimum Gasteiger partial charge on any atom is -0.489 e. The van der Waals surface area contributed by atoms with E-state index in [0.29, 0.717) is 12.2 Å². The van der Waals surface area contributed by atoms with Crippen molar-refractivity contribution in [3.05, 3.63) is 73.8 Å². The second-order valence-corrected chi connectivity index (χ2v) is 6.17. The lowest BCUT2D eigenvalue weighted by molar-refractivity contribution is -0.385. The Morgan fingerprint density at radius 3 is 2.15 bits per heavy atom. The molecule has 0 amide bonds. The van der Waals surface area contributed by atoms with Crippen LogP contribution in [0.3, 0.4) is 0 Å². The highest BCUT2D eigenvalue weighted by Crippen LogP contribution is 2.26. The van der Waals surface area contributed by atoms with Gasteiger partial charge in [-0.05, 0) is 57.2 Å². The Bertz CT molecular complexity index is 775. The van der Waals surface area contributed by atoms with Gasteiger partial charge in [0.25, 0.3) is 11.4 Å². The predicted molar refractivity (Wildman–Crippen MR) is 97.4 cm³/mol. The largest absolute Gasteiger partial charge is 0.489 e. The third kappa shape index (κ3) is 5.52. The molecule has 0 aliphatic heterocycles. The van der Waals surface area contributed by atoms with Crippen molar-refractivity contribution in [3.63, 3.8) is 0 Å². The van der Waals surface area contributed by atoms with Crippen molar-refractivity contribution in [1.82, 2.24) is 4.90 Å². The molecule has 0 saturated carbocycles. The van der Waals surface area contributed by atoms with E-state index in [1.165, 1.54) is 18.2 Å². The molecule has 0 aliphatic carbocycles. The van der Waals surface area contributed by atoms with E-state index in [2.05, 4.69) is 4.90 Å². The predicted octanol–water partition coefficient (Wildman–Crippen LogP) is 3.58. The second-order valence-electron chi connectivity index (χ2n) is 6.17. The molecule has 8 heteroatoms. The molecule has 2 aromatic rings. The number of nitrogens with zero attached hydrogens (tertiary/aromatic N) is 3. The minimum absolute atomic E-state index is 0.0217. The van der Waals surface area contributed by atoms with Gasteiger partial charge in [-0.25, -0.2) is 0 Å². The van der Waals surface area contributed by atoms with E-state index in [9.17, 15) is 20.2 Å². The van der Waals surface area contributed by atoms with Gasteiger partial charge < -0.3 is 9.64 Å². The first-order chi connectivity index (χ1) is 12.4. The summed E-state index contributed by atoms with van der Waals surface area (Å²) in [6.45, 7) is 1.10. The summed E-state index contributed by atoms with van der Waals surface area (Å²) < 4.78 is 5.81. The van der Waals surface area contributed by atoms with E-state index >= 15 is 0 Å². The number of hydrogen-bond acceptors (Lipinski definition) is 6. The van der Waals surface area contributed by atoms with Crippen LogP contribution in [0.1, 0.15) is 17.5 Å². The molecule has 0 saturated heterocycles. The highest BCUT2D eigenvalue weighted by Gasteiger charge is 2.12. The average Bonchev–Trinajstić information content (AvgIpc) is 2.60. The number of nitro benzene ring substituents is 2. The minimum atomic E-state index is -0.455. The molecule has 26 heavy (non-hydrogen) atoms. The third-order valence-corrected chi connectivity index (χ3v) is 3.85. The Morgan fingerprint density at radius 2 is 1.58 bits per heavy atom. The fourth-order valence-electron chi connectivity index (χ4n) is 2.48. The van der Waals surface area contributed by atoms with Gasteiger partial charge in [0.05, 0.1) is 9.85 Å². The van der Waals surface area contributed by atoms with Crippen LogP contribution >= 0.6 is 0 Å². The first-order valence-electron chi connectivity index (χ1n) is 8.15. The fourth-order valence-corrected chi connectivity index (χ4v) is 2.48. The maximum Gasteiger partial charge on any atom is 0.269 e. The van der Waals surface area contributed by atoms with Crippen LogP contribution in [0.4, 0.5) is 11.4 Å². The van der Waals surface area contributed by atoms with Crippen LogP contribution in [0.15, 0.2) is 42.5 Å². The molecule has 0 aliphatic rings. The summed E-state index contributed by atoms with van der Waals surface area (Å²) in [6, 6.07) is 10.7. The second kappa shape index (κ2) is 8.91. The molecule has 0 aromatic heterocycles. The van der Waals surface area contributed by atoms with Crippen LogP contribution in [-0.2, 0) is 13.0 Å². The molecule has 2 aromatic carbocycles. The van der Waals surface area contributed by atoms with Crippen LogP contribution in [-0.4, -0.2) is 35.4 Å². The Balaban J connectivity index is 2.10. The van der Waals surface area contributed by atoms with Gasteiger partial charge in [-0.2, -0.15) is 0 Å². The van der Waals surface area contributed by atoms with Crippen LogP contribution in [0.5, 0.6) is 5.75 Å². The van der Waals surface area contributed by atoms with E-state index in [1.807, 2.05) is 14.1 Å². The van der Waals surface area contributed by atoms with E-state index in [-0.39, 0.29) is 18.0 Å². The monoisotopic (exact) mass is 359 g/mol. The SMILES string of the molecule is CN(C)CCCc1cc([N+](=O)[O-])ccc1OCc1ccc([N+](=O)[O-])cc1. The normalized spacial score (nSPS) is 10.7. The summed E-state index contributed by atoms with van der Waals surface area (Å²) in [7, 11) is 3.94. The zero-order valence-electron chi connectivity index (χ0n) is 14.8. The molecular formula is C18H21N3O5. The number of rotatable bonds is 9. The first-order valence-corrected chi connectivity index (χ1v) is 8.15. The lowest BCUT2D eigenvalue weighted by Crippen LogP contribution is -2.13. The topological polar surface area (TPSA) is 98.8 Å². The van der Waals surface area contributed by atoms with Crippen molar-refractivity contribution in [2.75, 3.05) is 20.6 Å². The van der Waals surface area contributed by atoms with Crippen molar-refractivity contribution in [3.8, 4) is 5.75 Å². The summed E-state index contributed by atoms with van der Waals surface area (Å²) in [5.41, 5.74) is 1.62. The van der Waals surface area contributed by atoms with Crippen molar-refractivity contribution < 1.29 is 14.6 Å². The molecule has 138 valence electrons. The van der Waals surface area contributed by atoms with Gasteiger partial charge in [0.15, 0.2) is 0 Å². The van der Waals surface area contributed by atoms with Crippen LogP contribution in [0.25, 0.3) is 0 Å². The van der Waals surface area contributed by atoms with Gasteiger partial charge in [0.1, 0.15) is 12.4 Å². The zero-order valence-corrected chi connectivity index (χ0v) is 14.8. The number of ether oxygens (including phenoxy) is 1. The van der Waals surface area contributed by atoms with Crippen molar-refractivity contribution >= 4 is 11.4 Å². The summed E-state index contributed by atoms with van der Waals surface area (Å²) in [4.78, 5) is 22.9. The molecule has 0 spiro atoms. The molecule has 0 bridgehead atoms. The molecule has 0 heterocycles. The number of nitro groups is 2. The lowest BCUT2D eigenvalue weighted by Gasteiger charge is -2.13. The molecule has 0 radical (unpaired) electrons. The van der Waals surface area contributed by atoms with E-state index in [1.54, 1.807) is 24.3 Å². The summed E-state index contributed by atoms with van der Waals surface area (Å²) in [5.74, 6) is 0.590. The maximum absolute atomic E-state index is 11.0. The van der Waals surface area contributed by atoms with Gasteiger partial charge in [0.2, 0.25) is 0 Å². The van der Waals surface area contributed by atoms with Crippen LogP contribution in [0, 0.1) is 20.2 Å². The number of aryl methyl sites for hydroxylation is 1. The van der Waals surface area contributed by atoms with Gasteiger partial charge >= 0.3 is 0 Å². The van der Waals surface area contributed by atoms with Crippen molar-refractivity contribution in [1.29, 1.82) is 0 Å². The van der Waals surface area contributed by atoms with E-state index in [4.69, 9.17) is 4.74 Å². The van der Waals surface area contributed by atoms with Crippen molar-refractivity contribution in [2.24, 2.45) is 0 Å². The maximum atomic E-state index is 11.0. The number of benzene rings is 2. The number of hydrogen-bond donors (Lipinski definition) is 0. The van der Waals surface area contributed by atoms with Crippen LogP contribution < -0.4 is 4.74 Å². The molecular weight excluding hydrogens is 338 g/mol. The van der Waals surface area contributed by atoms with Crippen molar-refractivity contribution in [2.45, 2.75) is 19.4 Å². The Labute approximate surface area is 151 Å². The summed E-state index contributed by atoms with van der Waals surface area (Å²) in [6.07, 6.45) is 1.51. The third-order valence-electron chi connectivity index (χ3n) is 3.85. The molecule has 0 atom stereocenters. The molecule has 0 unspecified atom stereocenters. The average molecular weight is 359 g/mol. The van der Waals surface area contributed by atoms with E-state index < -0.39 is 9.85 Å². The highest BCUT2D eigenvalue weighted by atomic mass is 16.6. The molecule has 0 N–H and O–H groups in total. The van der Waals surface area contributed by atoms with E-state index in [0.717, 1.165) is 24.1 Å². The van der Waals surface area contributed by atoms with Gasteiger partial charge in [-0.1, -0.05) is 0 Å². The zero-order chi connectivity index (χ0) is 19.1. The van der Waals surface area contributed by atoms with Crippen LogP contribution in [0.2, 0.25) is 0 Å². The Kier molecular flexibility index (Phi) is 6.62. The smallest absolute Gasteiger partial charge is 0.269 e. The fraction of sp³-hybridized carbons (Fsp3) is 0.333. The number of non-ortho nitro benzene ring substituents is 2. The molecule has 2 rings (SSSR count). The Morgan fingerprint density at radius 1 is 0.962 bits per heavy atom. The Hall–Kier alpha value is -3.00. The molecule has 8 nitrogen and oxygen atoms in total. The van der Waals surface area contributed by atoms with Gasteiger partial charge in [0, 0.05) is 29.8 Å². The van der Waals surface area contributed by atoms with Gasteiger partial charge in [-0.3, -0.25) is 20.2 Å². The lowest BCUT2D eigenvalue weighted by atomic mass is 10.1. The summed E-state index contributed by atoms with van der Waals surface area (Å²) in [5, 5.41) is 21.7. The first kappa shape index (κ1) is 19.3. The quantitative estimate of drug-likeness (QED) is 0.501. The highest BCUT2D eigenvalue weighted by molar-refractivity contribution is 5.44. The molecule has 0 fully saturated rings.